The number of nitrogens with two attached hydrogens (primary N) is 1. The van der Waals surface area contributed by atoms with Crippen LogP contribution in [0.3, 0.4) is 0 Å². The van der Waals surface area contributed by atoms with Gasteiger partial charge in [0.15, 0.2) is 0 Å². The van der Waals surface area contributed by atoms with Gasteiger partial charge in [-0.3, -0.25) is 0 Å². The average Bonchev–Trinajstić information content (AvgIpc) is 2.39. The van der Waals surface area contributed by atoms with Gasteiger partial charge < -0.3 is 16.0 Å². The summed E-state index contributed by atoms with van der Waals surface area (Å²) in [6, 6.07) is 6.90. The number of nitrogens with zero attached hydrogens (tertiary/aromatic N) is 1. The lowest BCUT2D eigenvalue weighted by Gasteiger charge is -2.33. The van der Waals surface area contributed by atoms with E-state index < -0.39 is 0 Å². The minimum atomic E-state index is 0.506. The van der Waals surface area contributed by atoms with E-state index in [-0.39, 0.29) is 0 Å². The molecule has 3 N–H and O–H groups in total. The Hall–Kier alpha value is -0.740. The molecule has 106 valence electrons. The molecule has 2 rings (SSSR count). The fourth-order valence-electron chi connectivity index (χ4n) is 2.89. The number of halogens is 1. The Morgan fingerprint density at radius 1 is 1.32 bits per heavy atom. The Bertz CT molecular complexity index is 420. The van der Waals surface area contributed by atoms with Crippen molar-refractivity contribution >= 4 is 27.3 Å². The third kappa shape index (κ3) is 3.63. The van der Waals surface area contributed by atoms with Gasteiger partial charge in [-0.15, -0.1) is 0 Å². The van der Waals surface area contributed by atoms with Gasteiger partial charge in [-0.1, -0.05) is 28.8 Å². The molecule has 0 aliphatic heterocycles. The molecule has 3 nitrogen and oxygen atoms in total. The summed E-state index contributed by atoms with van der Waals surface area (Å²) in [5.41, 5.74) is 8.34. The van der Waals surface area contributed by atoms with E-state index in [0.29, 0.717) is 12.0 Å². The zero-order chi connectivity index (χ0) is 13.8. The van der Waals surface area contributed by atoms with Crippen LogP contribution in [0.5, 0.6) is 0 Å². The molecule has 0 spiro atoms. The minimum absolute atomic E-state index is 0.506. The van der Waals surface area contributed by atoms with Crippen LogP contribution in [0.4, 0.5) is 11.4 Å². The molecule has 1 aromatic carbocycles. The molecular formula is C15H24BrN3. The highest BCUT2D eigenvalue weighted by Gasteiger charge is 2.24. The van der Waals surface area contributed by atoms with Crippen LogP contribution in [0.2, 0.25) is 0 Å². The van der Waals surface area contributed by atoms with Crippen molar-refractivity contribution in [1.82, 2.24) is 0 Å². The predicted octanol–water partition coefficient (Wildman–Crippen LogP) is 3.44. The van der Waals surface area contributed by atoms with Crippen LogP contribution in [-0.4, -0.2) is 26.7 Å². The lowest BCUT2D eigenvalue weighted by atomic mass is 9.84. The van der Waals surface area contributed by atoms with Gasteiger partial charge in [0, 0.05) is 24.6 Å². The molecule has 0 aromatic heterocycles. The van der Waals surface area contributed by atoms with Gasteiger partial charge in [0.1, 0.15) is 0 Å². The first-order valence-corrected chi connectivity index (χ1v) is 7.84. The summed E-state index contributed by atoms with van der Waals surface area (Å²) < 4.78 is 1.11. The molecule has 2 unspecified atom stereocenters. The molecular weight excluding hydrogens is 302 g/mol. The molecule has 4 heteroatoms. The largest absolute Gasteiger partial charge is 0.380 e. The Morgan fingerprint density at radius 3 is 2.74 bits per heavy atom. The second kappa shape index (κ2) is 6.62. The highest BCUT2D eigenvalue weighted by molar-refractivity contribution is 9.10. The summed E-state index contributed by atoms with van der Waals surface area (Å²) >= 11 is 3.56. The number of hydrogen-bond acceptors (Lipinski definition) is 3. The Morgan fingerprint density at radius 2 is 2.05 bits per heavy atom. The van der Waals surface area contributed by atoms with Gasteiger partial charge in [0.05, 0.1) is 11.4 Å². The van der Waals surface area contributed by atoms with Gasteiger partial charge in [-0.05, 0) is 43.5 Å². The molecule has 0 saturated heterocycles. The number of nitrogens with one attached hydrogen (secondary N) is 1. The maximum Gasteiger partial charge on any atom is 0.0597 e. The quantitative estimate of drug-likeness (QED) is 0.890. The number of hydrogen-bond donors (Lipinski definition) is 2. The van der Waals surface area contributed by atoms with Crippen molar-refractivity contribution in [2.75, 3.05) is 30.9 Å². The van der Waals surface area contributed by atoms with Gasteiger partial charge in [-0.25, -0.2) is 0 Å². The summed E-state index contributed by atoms with van der Waals surface area (Å²) in [5.74, 6) is 0.600. The molecule has 0 bridgehead atoms. The minimum Gasteiger partial charge on any atom is -0.380 e. The molecule has 0 amide bonds. The third-order valence-electron chi connectivity index (χ3n) is 3.99. The average molecular weight is 326 g/mol. The topological polar surface area (TPSA) is 41.3 Å². The van der Waals surface area contributed by atoms with Crippen LogP contribution < -0.4 is 16.0 Å². The summed E-state index contributed by atoms with van der Waals surface area (Å²) in [6.07, 6.45) is 5.10. The van der Waals surface area contributed by atoms with E-state index in [4.69, 9.17) is 5.73 Å². The maximum atomic E-state index is 5.92. The van der Waals surface area contributed by atoms with Gasteiger partial charge >= 0.3 is 0 Å². The fraction of sp³-hybridized carbons (Fsp3) is 0.600. The van der Waals surface area contributed by atoms with Crippen molar-refractivity contribution < 1.29 is 0 Å². The van der Waals surface area contributed by atoms with Crippen molar-refractivity contribution in [1.29, 1.82) is 0 Å². The molecule has 1 aromatic rings. The molecule has 0 heterocycles. The van der Waals surface area contributed by atoms with Crippen molar-refractivity contribution in [3.63, 3.8) is 0 Å². The van der Waals surface area contributed by atoms with Crippen molar-refractivity contribution in [3.05, 3.63) is 22.7 Å². The Labute approximate surface area is 124 Å². The highest BCUT2D eigenvalue weighted by Crippen LogP contribution is 2.32. The molecule has 2 atom stereocenters. The van der Waals surface area contributed by atoms with E-state index in [1.807, 2.05) is 0 Å². The highest BCUT2D eigenvalue weighted by atomic mass is 79.9. The van der Waals surface area contributed by atoms with Crippen LogP contribution >= 0.6 is 15.9 Å². The maximum absolute atomic E-state index is 5.92. The number of anilines is 2. The van der Waals surface area contributed by atoms with Crippen LogP contribution in [0.15, 0.2) is 22.7 Å². The number of benzene rings is 1. The molecule has 0 radical (unpaired) electrons. The van der Waals surface area contributed by atoms with E-state index in [2.05, 4.69) is 58.4 Å². The van der Waals surface area contributed by atoms with E-state index >= 15 is 0 Å². The summed E-state index contributed by atoms with van der Waals surface area (Å²) in [5, 5.41) is 3.72. The first-order chi connectivity index (χ1) is 9.11. The second-order valence-corrected chi connectivity index (χ2v) is 6.50. The van der Waals surface area contributed by atoms with Gasteiger partial charge in [0.25, 0.3) is 0 Å². The standard InChI is InChI=1S/C15H24BrN3/c1-19(2)15-8-7-12(16)9-14(15)18-13-6-4-3-5-11(13)10-17/h7-9,11,13,18H,3-6,10,17H2,1-2H3. The van der Waals surface area contributed by atoms with E-state index in [9.17, 15) is 0 Å². The van der Waals surface area contributed by atoms with E-state index in [1.165, 1.54) is 37.1 Å². The van der Waals surface area contributed by atoms with Crippen LogP contribution in [0.1, 0.15) is 25.7 Å². The Kier molecular flexibility index (Phi) is 5.11. The van der Waals surface area contributed by atoms with E-state index in [0.717, 1.165) is 11.0 Å². The Balaban J connectivity index is 2.19. The normalized spacial score (nSPS) is 23.2. The molecule has 1 saturated carbocycles. The monoisotopic (exact) mass is 325 g/mol. The second-order valence-electron chi connectivity index (χ2n) is 5.59. The van der Waals surface area contributed by atoms with Crippen LogP contribution in [0, 0.1) is 5.92 Å². The lowest BCUT2D eigenvalue weighted by molar-refractivity contribution is 0.332. The van der Waals surface area contributed by atoms with Crippen LogP contribution in [0.25, 0.3) is 0 Å². The fourth-order valence-corrected chi connectivity index (χ4v) is 3.25. The third-order valence-corrected chi connectivity index (χ3v) is 4.49. The first-order valence-electron chi connectivity index (χ1n) is 7.05. The summed E-state index contributed by atoms with van der Waals surface area (Å²) in [7, 11) is 4.16. The predicted molar refractivity (Wildman–Crippen MR) is 86.9 cm³/mol. The van der Waals surface area contributed by atoms with Gasteiger partial charge in [-0.2, -0.15) is 0 Å². The SMILES string of the molecule is CN(C)c1ccc(Br)cc1NC1CCCCC1CN. The number of rotatable bonds is 4. The lowest BCUT2D eigenvalue weighted by Crippen LogP contribution is -2.37. The first kappa shape index (κ1) is 14.7. The smallest absolute Gasteiger partial charge is 0.0597 e. The van der Waals surface area contributed by atoms with Crippen molar-refractivity contribution in [2.24, 2.45) is 11.7 Å². The van der Waals surface area contributed by atoms with Gasteiger partial charge in [0.2, 0.25) is 0 Å². The molecule has 19 heavy (non-hydrogen) atoms. The summed E-state index contributed by atoms with van der Waals surface area (Å²) in [4.78, 5) is 2.15. The molecule has 1 aliphatic carbocycles. The molecule has 1 fully saturated rings. The van der Waals surface area contributed by atoms with Crippen molar-refractivity contribution in [2.45, 2.75) is 31.7 Å². The van der Waals surface area contributed by atoms with Crippen molar-refractivity contribution in [3.8, 4) is 0 Å². The van der Waals surface area contributed by atoms with Crippen LogP contribution in [-0.2, 0) is 0 Å². The summed E-state index contributed by atoms with van der Waals surface area (Å²) in [6.45, 7) is 0.781. The van der Waals surface area contributed by atoms with E-state index in [1.54, 1.807) is 0 Å². The zero-order valence-electron chi connectivity index (χ0n) is 11.8. The molecule has 1 aliphatic rings. The zero-order valence-corrected chi connectivity index (χ0v) is 13.4.